The first-order chi connectivity index (χ1) is 11.3. The smallest absolute Gasteiger partial charge is 0.259 e. The molecule has 128 valence electrons. The molecule has 7 heteroatoms. The third-order valence-electron chi connectivity index (χ3n) is 4.64. The van der Waals surface area contributed by atoms with Crippen molar-refractivity contribution >= 4 is 34.1 Å². The Kier molecular flexibility index (Phi) is 4.59. The van der Waals surface area contributed by atoms with Gasteiger partial charge in [-0.05, 0) is 36.0 Å². The summed E-state index contributed by atoms with van der Waals surface area (Å²) in [4.78, 5) is 18.1. The van der Waals surface area contributed by atoms with E-state index in [0.29, 0.717) is 12.1 Å². The molecule has 0 aliphatic heterocycles. The lowest BCUT2D eigenvalue weighted by molar-refractivity contribution is -0.120. The number of benzene rings is 1. The molecule has 3 rings (SSSR count). The largest absolute Gasteiger partial charge is 0.299 e. The monoisotopic (exact) mass is 364 g/mol. The molecule has 1 aliphatic rings. The summed E-state index contributed by atoms with van der Waals surface area (Å²) in [5, 5.41) is 0.879. The van der Waals surface area contributed by atoms with Gasteiger partial charge in [0.25, 0.3) is 11.3 Å². The molecule has 0 saturated heterocycles. The number of hydrogen-bond acceptors (Lipinski definition) is 4. The average Bonchev–Trinajstić information content (AvgIpc) is 2.83. The normalized spacial score (nSPS) is 22.8. The number of nitrogens with zero attached hydrogens (tertiary/aromatic N) is 1. The lowest BCUT2D eigenvalue weighted by atomic mass is 10.0. The van der Waals surface area contributed by atoms with Gasteiger partial charge in [-0.15, -0.1) is 11.3 Å². The first-order valence-electron chi connectivity index (χ1n) is 7.70. The Morgan fingerprint density at radius 3 is 2.58 bits per heavy atom. The van der Waals surface area contributed by atoms with Crippen molar-refractivity contribution in [3.63, 3.8) is 0 Å². The summed E-state index contributed by atoms with van der Waals surface area (Å²) >= 11 is -0.505. The van der Waals surface area contributed by atoms with Crippen molar-refractivity contribution in [2.75, 3.05) is 4.72 Å². The molecular weight excluding hydrogens is 344 g/mol. The molecule has 1 saturated carbocycles. The zero-order chi connectivity index (χ0) is 17.5. The molecule has 1 aromatic heterocycles. The van der Waals surface area contributed by atoms with Gasteiger partial charge < -0.3 is 0 Å². The maximum absolute atomic E-state index is 12.7. The summed E-state index contributed by atoms with van der Waals surface area (Å²) in [7, 11) is 0. The quantitative estimate of drug-likeness (QED) is 0.768. The third kappa shape index (κ3) is 3.43. The maximum Gasteiger partial charge on any atom is 0.259 e. The van der Waals surface area contributed by atoms with Crippen molar-refractivity contribution in [1.82, 2.24) is 4.98 Å². The molecule has 24 heavy (non-hydrogen) atoms. The molecule has 1 unspecified atom stereocenters. The fraction of sp³-hybridized carbons (Fsp3) is 0.412. The molecule has 2 N–H and O–H groups in total. The zero-order valence-electron chi connectivity index (χ0n) is 13.8. The number of Topliss-reactive ketones (excluding diaryl/α,β-unsaturated/α-hetero) is 1. The summed E-state index contributed by atoms with van der Waals surface area (Å²) in [6.07, 6.45) is 2.20. The highest BCUT2D eigenvalue weighted by molar-refractivity contribution is 7.80. The van der Waals surface area contributed by atoms with Gasteiger partial charge in [0.2, 0.25) is 0 Å². The number of thiazole rings is 1. The summed E-state index contributed by atoms with van der Waals surface area (Å²) in [5.41, 5.74) is 1.60. The predicted octanol–water partition coefficient (Wildman–Crippen LogP) is 3.55. The van der Waals surface area contributed by atoms with Crippen LogP contribution in [0.2, 0.25) is 0 Å². The minimum atomic E-state index is -2.08. The van der Waals surface area contributed by atoms with Crippen LogP contribution in [0.5, 0.6) is 0 Å². The Bertz CT molecular complexity index is 783. The van der Waals surface area contributed by atoms with E-state index in [4.69, 9.17) is 4.55 Å². The molecule has 0 amide bonds. The third-order valence-corrected chi connectivity index (χ3v) is 5.97. The van der Waals surface area contributed by atoms with Crippen molar-refractivity contribution in [2.24, 2.45) is 11.3 Å². The average molecular weight is 364 g/mol. The topological polar surface area (TPSA) is 79.3 Å². The van der Waals surface area contributed by atoms with E-state index in [0.717, 1.165) is 15.4 Å². The number of aryl methyl sites for hydroxylation is 1. The highest BCUT2D eigenvalue weighted by Crippen LogP contribution is 2.65. The second-order valence-corrected chi connectivity index (χ2v) is 8.78. The van der Waals surface area contributed by atoms with E-state index in [9.17, 15) is 9.00 Å². The van der Waals surface area contributed by atoms with E-state index in [1.165, 1.54) is 0 Å². The Morgan fingerprint density at radius 1 is 1.38 bits per heavy atom. The molecule has 2 aromatic rings. The van der Waals surface area contributed by atoms with Crippen molar-refractivity contribution < 1.29 is 13.6 Å². The number of carbonyl (C=O) groups excluding carboxylic acids is 1. The Labute approximate surface area is 147 Å². The van der Waals surface area contributed by atoms with E-state index in [-0.39, 0.29) is 23.0 Å². The number of carbonyl (C=O) groups is 1. The molecule has 1 aliphatic carbocycles. The lowest BCUT2D eigenvalue weighted by Crippen LogP contribution is -2.09. The van der Waals surface area contributed by atoms with E-state index in [1.54, 1.807) is 29.7 Å². The molecule has 0 bridgehead atoms. The fourth-order valence-corrected chi connectivity index (χ4v) is 4.60. The highest BCUT2D eigenvalue weighted by atomic mass is 32.2. The molecular formula is C17H20N2O3S2. The van der Waals surface area contributed by atoms with Gasteiger partial charge in [0, 0.05) is 22.7 Å². The Morgan fingerprint density at radius 2 is 2.04 bits per heavy atom. The van der Waals surface area contributed by atoms with Crippen molar-refractivity contribution in [2.45, 2.75) is 33.1 Å². The van der Waals surface area contributed by atoms with Crippen molar-refractivity contribution in [3.8, 4) is 0 Å². The van der Waals surface area contributed by atoms with Gasteiger partial charge in [0.05, 0.1) is 6.42 Å². The Hall–Kier alpha value is -1.57. The molecule has 3 atom stereocenters. The number of ketones is 1. The predicted molar refractivity (Wildman–Crippen MR) is 96.4 cm³/mol. The van der Waals surface area contributed by atoms with Crippen LogP contribution >= 0.6 is 11.3 Å². The number of anilines is 1. The molecule has 1 aromatic carbocycles. The second-order valence-electron chi connectivity index (χ2n) is 6.76. The minimum Gasteiger partial charge on any atom is -0.299 e. The van der Waals surface area contributed by atoms with Crippen LogP contribution in [0.15, 0.2) is 30.5 Å². The lowest BCUT2D eigenvalue weighted by Gasteiger charge is -2.05. The standard InChI is InChI=1S/C17H20N2O3S2/c1-10-9-18-14(23-10)8-13(20)16-15(17(16,2)3)11-4-6-12(7-5-11)19-24(21)22/h4-7,9,15-16,19H,8H2,1-3H3,(H,21,22)/t15-,16-/m1/s1. The van der Waals surface area contributed by atoms with Gasteiger partial charge in [-0.2, -0.15) is 0 Å². The fourth-order valence-electron chi connectivity index (χ4n) is 3.46. The van der Waals surface area contributed by atoms with Crippen LogP contribution in [0.25, 0.3) is 0 Å². The maximum atomic E-state index is 12.7. The molecule has 1 fully saturated rings. The number of aromatic nitrogens is 1. The van der Waals surface area contributed by atoms with Gasteiger partial charge in [-0.3, -0.25) is 14.1 Å². The second kappa shape index (κ2) is 6.38. The Balaban J connectivity index is 1.72. The van der Waals surface area contributed by atoms with Crippen LogP contribution in [-0.2, 0) is 22.5 Å². The number of hydrogen-bond donors (Lipinski definition) is 2. The molecule has 0 radical (unpaired) electrons. The first-order valence-corrected chi connectivity index (χ1v) is 9.63. The first kappa shape index (κ1) is 17.3. The van der Waals surface area contributed by atoms with Gasteiger partial charge in [0.15, 0.2) is 0 Å². The number of rotatable bonds is 6. The summed E-state index contributed by atoms with van der Waals surface area (Å²) in [6.45, 7) is 6.22. The van der Waals surface area contributed by atoms with E-state index >= 15 is 0 Å². The van der Waals surface area contributed by atoms with Crippen LogP contribution in [0.4, 0.5) is 5.69 Å². The van der Waals surface area contributed by atoms with E-state index < -0.39 is 11.3 Å². The van der Waals surface area contributed by atoms with Crippen molar-refractivity contribution in [3.05, 3.63) is 45.9 Å². The summed E-state index contributed by atoms with van der Waals surface area (Å²) < 4.78 is 22.1. The molecule has 0 spiro atoms. The van der Waals surface area contributed by atoms with E-state index in [1.807, 2.05) is 19.1 Å². The SMILES string of the molecule is Cc1cnc(CC(=O)[C@@H]2[C@@H](c3ccc(NS(=O)O)cc3)C2(C)C)s1. The molecule has 1 heterocycles. The highest BCUT2D eigenvalue weighted by Gasteiger charge is 2.61. The van der Waals surface area contributed by atoms with Gasteiger partial charge in [0.1, 0.15) is 10.8 Å². The molecule has 5 nitrogen and oxygen atoms in total. The van der Waals surface area contributed by atoms with Crippen LogP contribution in [-0.4, -0.2) is 19.5 Å². The van der Waals surface area contributed by atoms with Crippen molar-refractivity contribution in [1.29, 1.82) is 0 Å². The van der Waals surface area contributed by atoms with Crippen LogP contribution < -0.4 is 4.72 Å². The number of nitrogens with one attached hydrogen (secondary N) is 1. The summed E-state index contributed by atoms with van der Waals surface area (Å²) in [5.74, 6) is 0.408. The van der Waals surface area contributed by atoms with Crippen LogP contribution in [0.1, 0.15) is 35.2 Å². The van der Waals surface area contributed by atoms with Gasteiger partial charge in [-0.1, -0.05) is 26.0 Å². The minimum absolute atomic E-state index is 0.00695. The van der Waals surface area contributed by atoms with Crippen LogP contribution in [0, 0.1) is 18.3 Å². The van der Waals surface area contributed by atoms with Crippen LogP contribution in [0.3, 0.4) is 0 Å². The zero-order valence-corrected chi connectivity index (χ0v) is 15.4. The van der Waals surface area contributed by atoms with E-state index in [2.05, 4.69) is 23.6 Å². The summed E-state index contributed by atoms with van der Waals surface area (Å²) in [6, 6.07) is 7.37. The van der Waals surface area contributed by atoms with Gasteiger partial charge >= 0.3 is 0 Å². The van der Waals surface area contributed by atoms with Gasteiger partial charge in [-0.25, -0.2) is 9.19 Å².